The van der Waals surface area contributed by atoms with E-state index < -0.39 is 5.51 Å². The number of nitrogens with zero attached hydrogens (tertiary/aromatic N) is 2. The molecule has 1 aromatic carbocycles. The average molecular weight is 353 g/mol. The second-order valence-corrected chi connectivity index (χ2v) is 5.77. The Morgan fingerprint density at radius 2 is 2.11 bits per heavy atom. The summed E-state index contributed by atoms with van der Waals surface area (Å²) >= 11 is 3.11. The molecular weight excluding hydrogens is 345 g/mol. The van der Waals surface area contributed by atoms with Gasteiger partial charge in [-0.15, -0.1) is 0 Å². The van der Waals surface area contributed by atoms with Crippen molar-refractivity contribution in [1.82, 2.24) is 9.55 Å². The van der Waals surface area contributed by atoms with E-state index in [-0.39, 0.29) is 29.6 Å². The van der Waals surface area contributed by atoms with Crippen molar-refractivity contribution in [1.29, 1.82) is 0 Å². The first kappa shape index (κ1) is 14.4. The van der Waals surface area contributed by atoms with Gasteiger partial charge in [-0.1, -0.05) is 15.9 Å². The highest BCUT2D eigenvalue weighted by Crippen LogP contribution is 2.29. The van der Waals surface area contributed by atoms with Crippen LogP contribution in [0.15, 0.2) is 33.8 Å². The van der Waals surface area contributed by atoms with E-state index in [1.807, 2.05) is 0 Å². The lowest BCUT2D eigenvalue weighted by Gasteiger charge is -2.08. The number of fused-ring (bicyclic) bond motifs is 1. The largest absolute Gasteiger partial charge is 0.441 e. The molecular formula is C11H8BrF3N2OS. The summed E-state index contributed by atoms with van der Waals surface area (Å²) in [5.74, 6) is -0.215. The Labute approximate surface area is 119 Å². The summed E-state index contributed by atoms with van der Waals surface area (Å²) in [6, 6.07) is 4.98. The van der Waals surface area contributed by atoms with Gasteiger partial charge in [0.05, 0.1) is 17.2 Å². The predicted molar refractivity (Wildman–Crippen MR) is 72.2 cm³/mol. The maximum Gasteiger partial charge on any atom is 0.441 e. The molecule has 0 saturated carbocycles. The molecule has 0 spiro atoms. The van der Waals surface area contributed by atoms with Gasteiger partial charge in [0.15, 0.2) is 0 Å². The quantitative estimate of drug-likeness (QED) is 0.848. The first-order valence-corrected chi connectivity index (χ1v) is 7.00. The van der Waals surface area contributed by atoms with E-state index in [0.29, 0.717) is 10.9 Å². The second kappa shape index (κ2) is 5.54. The van der Waals surface area contributed by atoms with Crippen LogP contribution in [0.1, 0.15) is 0 Å². The van der Waals surface area contributed by atoms with E-state index in [1.165, 1.54) is 10.9 Å². The van der Waals surface area contributed by atoms with Crippen molar-refractivity contribution in [2.75, 3.05) is 5.75 Å². The van der Waals surface area contributed by atoms with Crippen LogP contribution in [0.3, 0.4) is 0 Å². The first-order valence-electron chi connectivity index (χ1n) is 5.22. The summed E-state index contributed by atoms with van der Waals surface area (Å²) in [5, 5.41) is 0.391. The van der Waals surface area contributed by atoms with Crippen molar-refractivity contribution >= 4 is 38.6 Å². The first-order chi connectivity index (χ1) is 8.87. The number of hydrogen-bond donors (Lipinski definition) is 0. The van der Waals surface area contributed by atoms with Crippen LogP contribution < -0.4 is 5.56 Å². The molecule has 0 unspecified atom stereocenters. The van der Waals surface area contributed by atoms with Gasteiger partial charge in [0, 0.05) is 16.8 Å². The van der Waals surface area contributed by atoms with Gasteiger partial charge in [0.2, 0.25) is 0 Å². The lowest BCUT2D eigenvalue weighted by molar-refractivity contribution is -0.0328. The fourth-order valence-electron chi connectivity index (χ4n) is 1.55. The van der Waals surface area contributed by atoms with Crippen LogP contribution in [-0.2, 0) is 6.54 Å². The normalized spacial score (nSPS) is 12.0. The Morgan fingerprint density at radius 3 is 2.79 bits per heavy atom. The summed E-state index contributed by atoms with van der Waals surface area (Å²) in [6.45, 7) is -0.0258. The SMILES string of the molecule is O=c1c2ccc(Br)cc2ncn1CCSC(F)(F)F. The van der Waals surface area contributed by atoms with Gasteiger partial charge in [0.25, 0.3) is 5.56 Å². The van der Waals surface area contributed by atoms with Crippen molar-refractivity contribution in [3.63, 3.8) is 0 Å². The van der Waals surface area contributed by atoms with Crippen LogP contribution in [0.5, 0.6) is 0 Å². The maximum absolute atomic E-state index is 12.0. The molecule has 0 fully saturated rings. The molecule has 0 aliphatic heterocycles. The van der Waals surface area contributed by atoms with Crippen LogP contribution in [-0.4, -0.2) is 20.8 Å². The number of thioether (sulfide) groups is 1. The van der Waals surface area contributed by atoms with Crippen molar-refractivity contribution in [2.45, 2.75) is 12.1 Å². The number of aryl methyl sites for hydroxylation is 1. The van der Waals surface area contributed by atoms with Crippen LogP contribution >= 0.6 is 27.7 Å². The Morgan fingerprint density at radius 1 is 1.37 bits per heavy atom. The zero-order valence-electron chi connectivity index (χ0n) is 9.45. The summed E-state index contributed by atoms with van der Waals surface area (Å²) in [7, 11) is 0. The Bertz CT molecular complexity index is 656. The van der Waals surface area contributed by atoms with Gasteiger partial charge >= 0.3 is 5.51 Å². The van der Waals surface area contributed by atoms with Crippen LogP contribution in [0, 0.1) is 0 Å². The molecule has 2 aromatic rings. The Balaban J connectivity index is 2.23. The number of alkyl halides is 3. The third-order valence-corrected chi connectivity index (χ3v) is 3.59. The van der Waals surface area contributed by atoms with Gasteiger partial charge in [-0.25, -0.2) is 4.98 Å². The molecule has 0 bridgehead atoms. The van der Waals surface area contributed by atoms with Gasteiger partial charge in [-0.3, -0.25) is 9.36 Å². The topological polar surface area (TPSA) is 34.9 Å². The van der Waals surface area contributed by atoms with Gasteiger partial charge < -0.3 is 0 Å². The molecule has 0 aliphatic rings. The summed E-state index contributed by atoms with van der Waals surface area (Å²) < 4.78 is 38.0. The maximum atomic E-state index is 12.0. The highest BCUT2D eigenvalue weighted by molar-refractivity contribution is 9.10. The minimum atomic E-state index is -4.28. The molecule has 1 heterocycles. The predicted octanol–water partition coefficient (Wildman–Crippen LogP) is 3.41. The molecule has 0 radical (unpaired) electrons. The molecule has 8 heteroatoms. The Kier molecular flexibility index (Phi) is 4.19. The van der Waals surface area contributed by atoms with Gasteiger partial charge in [-0.05, 0) is 30.0 Å². The third kappa shape index (κ3) is 3.73. The second-order valence-electron chi connectivity index (χ2n) is 3.70. The highest BCUT2D eigenvalue weighted by atomic mass is 79.9. The summed E-state index contributed by atoms with van der Waals surface area (Å²) in [5.41, 5.74) is -4.10. The number of benzene rings is 1. The number of aromatic nitrogens is 2. The molecule has 0 aliphatic carbocycles. The smallest absolute Gasteiger partial charge is 0.298 e. The van der Waals surface area contributed by atoms with Gasteiger partial charge in [0.1, 0.15) is 0 Å². The van der Waals surface area contributed by atoms with Crippen molar-refractivity contribution in [3.05, 3.63) is 39.4 Å². The summed E-state index contributed by atoms with van der Waals surface area (Å²) in [4.78, 5) is 16.1. The Hall–Kier alpha value is -1.02. The van der Waals surface area contributed by atoms with E-state index >= 15 is 0 Å². The fourth-order valence-corrected chi connectivity index (χ4v) is 2.42. The number of halogens is 4. The minimum absolute atomic E-state index is 0.0258. The van der Waals surface area contributed by atoms with E-state index in [1.54, 1.807) is 18.2 Å². The lowest BCUT2D eigenvalue weighted by atomic mass is 10.2. The van der Waals surface area contributed by atoms with Crippen LogP contribution in [0.25, 0.3) is 10.9 Å². The zero-order chi connectivity index (χ0) is 14.0. The van der Waals surface area contributed by atoms with Crippen molar-refractivity contribution in [3.8, 4) is 0 Å². The molecule has 1 aromatic heterocycles. The molecule has 3 nitrogen and oxygen atoms in total. The van der Waals surface area contributed by atoms with Crippen LogP contribution in [0.4, 0.5) is 13.2 Å². The molecule has 2 rings (SSSR count). The summed E-state index contributed by atoms with van der Waals surface area (Å²) in [6.07, 6.45) is 1.27. The number of hydrogen-bond acceptors (Lipinski definition) is 3. The fraction of sp³-hybridized carbons (Fsp3) is 0.273. The zero-order valence-corrected chi connectivity index (χ0v) is 11.8. The standard InChI is InChI=1S/C11H8BrF3N2OS/c12-7-1-2-8-9(5-7)16-6-17(10(8)18)3-4-19-11(13,14)15/h1-2,5-6H,3-4H2. The van der Waals surface area contributed by atoms with Gasteiger partial charge in [-0.2, -0.15) is 13.2 Å². The minimum Gasteiger partial charge on any atom is -0.298 e. The molecule has 0 saturated heterocycles. The van der Waals surface area contributed by atoms with Crippen LogP contribution in [0.2, 0.25) is 0 Å². The molecule has 0 amide bonds. The van der Waals surface area contributed by atoms with E-state index in [0.717, 1.165) is 4.47 Å². The van der Waals surface area contributed by atoms with Crippen molar-refractivity contribution in [2.24, 2.45) is 0 Å². The average Bonchev–Trinajstić information content (AvgIpc) is 2.30. The van der Waals surface area contributed by atoms with E-state index in [4.69, 9.17) is 0 Å². The highest BCUT2D eigenvalue weighted by Gasteiger charge is 2.27. The van der Waals surface area contributed by atoms with Crippen molar-refractivity contribution < 1.29 is 13.2 Å². The number of rotatable bonds is 3. The molecule has 19 heavy (non-hydrogen) atoms. The third-order valence-electron chi connectivity index (χ3n) is 2.39. The lowest BCUT2D eigenvalue weighted by Crippen LogP contribution is -2.22. The van der Waals surface area contributed by atoms with E-state index in [9.17, 15) is 18.0 Å². The molecule has 102 valence electrons. The van der Waals surface area contributed by atoms with E-state index in [2.05, 4.69) is 20.9 Å². The monoisotopic (exact) mass is 352 g/mol. The molecule has 0 N–H and O–H groups in total. The molecule has 0 atom stereocenters.